The van der Waals surface area contributed by atoms with E-state index in [4.69, 9.17) is 4.74 Å². The minimum Gasteiger partial charge on any atom is -0.469 e. The Hall–Kier alpha value is -0.860. The molecule has 0 aromatic rings. The number of hydrogen-bond acceptors (Lipinski definition) is 3. The molecule has 3 heteroatoms. The number of fused-ring (bicyclic) bond motifs is 5. The third-order valence-electron chi connectivity index (χ3n) is 9.72. The van der Waals surface area contributed by atoms with Crippen molar-refractivity contribution in [3.63, 3.8) is 0 Å². The van der Waals surface area contributed by atoms with Crippen LogP contribution in [-0.4, -0.2) is 18.9 Å². The second kappa shape index (κ2) is 11.3. The molecule has 0 N–H and O–H groups in total. The van der Waals surface area contributed by atoms with Crippen molar-refractivity contribution in [1.82, 2.24) is 0 Å². The summed E-state index contributed by atoms with van der Waals surface area (Å²) in [5, 5.41) is 0. The number of carbonyl (C=O) groups excluding carboxylic acids is 2. The number of ketones is 1. The predicted octanol–water partition coefficient (Wildman–Crippen LogP) is 7.61. The summed E-state index contributed by atoms with van der Waals surface area (Å²) in [6.45, 7) is 13.0. The van der Waals surface area contributed by atoms with Gasteiger partial charge in [-0.15, -0.1) is 0 Å². The van der Waals surface area contributed by atoms with Crippen LogP contribution in [0.4, 0.5) is 0 Å². The summed E-state index contributed by atoms with van der Waals surface area (Å²) in [6.07, 6.45) is 13.8. The quantitative estimate of drug-likeness (QED) is 0.428. The first-order chi connectivity index (χ1) is 14.9. The van der Waals surface area contributed by atoms with E-state index in [1.807, 2.05) is 27.7 Å². The van der Waals surface area contributed by atoms with E-state index in [2.05, 4.69) is 13.8 Å². The number of methoxy groups -OCH3 is 1. The normalized spacial score (nSPS) is 40.7. The largest absolute Gasteiger partial charge is 0.469 e. The first-order valence-corrected chi connectivity index (χ1v) is 13.5. The molecule has 4 rings (SSSR count). The van der Waals surface area contributed by atoms with Gasteiger partial charge in [0.05, 0.1) is 7.11 Å². The Morgan fingerprint density at radius 1 is 0.935 bits per heavy atom. The van der Waals surface area contributed by atoms with E-state index in [1.54, 1.807) is 0 Å². The number of Topliss-reactive ketones (excluding diaryl/α,β-unsaturated/α-hetero) is 1. The first kappa shape index (κ1) is 26.4. The maximum atomic E-state index is 13.1. The van der Waals surface area contributed by atoms with Gasteiger partial charge in [-0.2, -0.15) is 0 Å². The fourth-order valence-corrected chi connectivity index (χ4v) is 8.27. The van der Waals surface area contributed by atoms with Crippen molar-refractivity contribution in [2.24, 2.45) is 40.4 Å². The molecule has 0 aliphatic heterocycles. The van der Waals surface area contributed by atoms with Gasteiger partial charge in [0.15, 0.2) is 0 Å². The second-order valence-corrected chi connectivity index (χ2v) is 10.6. The zero-order chi connectivity index (χ0) is 23.2. The Morgan fingerprint density at radius 2 is 1.61 bits per heavy atom. The summed E-state index contributed by atoms with van der Waals surface area (Å²) in [5.74, 6) is 3.72. The van der Waals surface area contributed by atoms with Crippen LogP contribution in [0.25, 0.3) is 0 Å². The van der Waals surface area contributed by atoms with Crippen molar-refractivity contribution in [3.05, 3.63) is 0 Å². The van der Waals surface area contributed by atoms with Gasteiger partial charge in [0.1, 0.15) is 5.78 Å². The van der Waals surface area contributed by atoms with Crippen molar-refractivity contribution in [2.45, 2.75) is 119 Å². The number of hydrogen-bond donors (Lipinski definition) is 0. The van der Waals surface area contributed by atoms with Crippen LogP contribution in [0, 0.1) is 40.4 Å². The lowest BCUT2D eigenvalue weighted by Gasteiger charge is -2.59. The molecule has 0 aromatic heterocycles. The van der Waals surface area contributed by atoms with Gasteiger partial charge < -0.3 is 4.74 Å². The standard InChI is InChI=1S/C24H38O3.2C2H6/c1-23-14-12-19-17(15-21(25)20-8-4-5-13-24(19,20)2)18(23)11-10-16(23)7-6-9-22(26)27-3;2*1-2/h16-20H,4-15H2,1-3H3;2*1-2H3. The van der Waals surface area contributed by atoms with E-state index in [9.17, 15) is 9.59 Å². The lowest BCUT2D eigenvalue weighted by Crippen LogP contribution is -2.55. The summed E-state index contributed by atoms with van der Waals surface area (Å²) in [4.78, 5) is 24.6. The third-order valence-corrected chi connectivity index (χ3v) is 9.72. The molecule has 7 atom stereocenters. The molecule has 0 radical (unpaired) electrons. The smallest absolute Gasteiger partial charge is 0.305 e. The van der Waals surface area contributed by atoms with Gasteiger partial charge >= 0.3 is 5.97 Å². The topological polar surface area (TPSA) is 43.4 Å². The SMILES string of the molecule is CC.CC.COC(=O)CCCC1CCC2C3CC(=O)C4CCCCC4(C)C3CCC12C. The van der Waals surface area contributed by atoms with Crippen LogP contribution in [-0.2, 0) is 14.3 Å². The summed E-state index contributed by atoms with van der Waals surface area (Å²) >= 11 is 0. The van der Waals surface area contributed by atoms with Crippen molar-refractivity contribution < 1.29 is 14.3 Å². The van der Waals surface area contributed by atoms with Gasteiger partial charge in [-0.05, 0) is 85.9 Å². The fraction of sp³-hybridized carbons (Fsp3) is 0.929. The first-order valence-electron chi connectivity index (χ1n) is 13.5. The number of rotatable bonds is 4. The van der Waals surface area contributed by atoms with Gasteiger partial charge in [0.2, 0.25) is 0 Å². The summed E-state index contributed by atoms with van der Waals surface area (Å²) < 4.78 is 4.81. The number of ether oxygens (including phenoxy) is 1. The highest BCUT2D eigenvalue weighted by Gasteiger charge is 2.61. The molecule has 0 aromatic carbocycles. The van der Waals surface area contributed by atoms with E-state index in [0.29, 0.717) is 29.5 Å². The van der Waals surface area contributed by atoms with Crippen LogP contribution in [0.5, 0.6) is 0 Å². The molecule has 0 saturated heterocycles. The van der Waals surface area contributed by atoms with Gasteiger partial charge in [-0.1, -0.05) is 54.4 Å². The van der Waals surface area contributed by atoms with Crippen molar-refractivity contribution in [3.8, 4) is 0 Å². The zero-order valence-electron chi connectivity index (χ0n) is 21.6. The molecule has 4 aliphatic rings. The van der Waals surface area contributed by atoms with Gasteiger partial charge in [-0.3, -0.25) is 9.59 Å². The highest BCUT2D eigenvalue weighted by Crippen LogP contribution is 2.67. The minimum atomic E-state index is -0.0763. The average molecular weight is 435 g/mol. The van der Waals surface area contributed by atoms with Crippen molar-refractivity contribution >= 4 is 11.8 Å². The highest BCUT2D eigenvalue weighted by molar-refractivity contribution is 5.83. The lowest BCUT2D eigenvalue weighted by molar-refractivity contribution is -0.153. The third kappa shape index (κ3) is 4.91. The maximum absolute atomic E-state index is 13.1. The van der Waals surface area contributed by atoms with Crippen LogP contribution in [0.3, 0.4) is 0 Å². The Morgan fingerprint density at radius 3 is 2.29 bits per heavy atom. The van der Waals surface area contributed by atoms with Crippen LogP contribution >= 0.6 is 0 Å². The summed E-state index contributed by atoms with van der Waals surface area (Å²) in [5.41, 5.74) is 0.665. The molecule has 7 unspecified atom stereocenters. The Bertz CT molecular complexity index is 599. The molecule has 0 spiro atoms. The summed E-state index contributed by atoms with van der Waals surface area (Å²) in [6, 6.07) is 0. The number of esters is 1. The molecule has 4 aliphatic carbocycles. The average Bonchev–Trinajstić information content (AvgIpc) is 3.13. The van der Waals surface area contributed by atoms with E-state index < -0.39 is 0 Å². The van der Waals surface area contributed by atoms with E-state index in [1.165, 1.54) is 52.1 Å². The van der Waals surface area contributed by atoms with Crippen LogP contribution in [0.2, 0.25) is 0 Å². The monoisotopic (exact) mass is 434 g/mol. The second-order valence-electron chi connectivity index (χ2n) is 10.6. The lowest BCUT2D eigenvalue weighted by atomic mass is 9.44. The highest BCUT2D eigenvalue weighted by atomic mass is 16.5. The van der Waals surface area contributed by atoms with Gasteiger partial charge in [0, 0.05) is 18.8 Å². The molecule has 180 valence electrons. The van der Waals surface area contributed by atoms with Crippen LogP contribution in [0.15, 0.2) is 0 Å². The predicted molar refractivity (Wildman–Crippen MR) is 129 cm³/mol. The fourth-order valence-electron chi connectivity index (χ4n) is 8.27. The van der Waals surface area contributed by atoms with E-state index in [0.717, 1.165) is 43.4 Å². The molecule has 31 heavy (non-hydrogen) atoms. The van der Waals surface area contributed by atoms with Crippen LogP contribution in [0.1, 0.15) is 119 Å². The van der Waals surface area contributed by atoms with Crippen molar-refractivity contribution in [2.75, 3.05) is 7.11 Å². The van der Waals surface area contributed by atoms with E-state index >= 15 is 0 Å². The van der Waals surface area contributed by atoms with E-state index in [-0.39, 0.29) is 11.4 Å². The molecular formula is C28H50O3. The molecule has 4 fully saturated rings. The van der Waals surface area contributed by atoms with Gasteiger partial charge in [-0.25, -0.2) is 0 Å². The maximum Gasteiger partial charge on any atom is 0.305 e. The Labute approximate surface area is 192 Å². The van der Waals surface area contributed by atoms with Crippen LogP contribution < -0.4 is 0 Å². The molecule has 0 bridgehead atoms. The Kier molecular flexibility index (Phi) is 9.64. The van der Waals surface area contributed by atoms with Crippen molar-refractivity contribution in [1.29, 1.82) is 0 Å². The zero-order valence-corrected chi connectivity index (χ0v) is 21.6. The van der Waals surface area contributed by atoms with Gasteiger partial charge in [0.25, 0.3) is 0 Å². The molecule has 4 saturated carbocycles. The summed E-state index contributed by atoms with van der Waals surface area (Å²) in [7, 11) is 1.48. The molecule has 0 heterocycles. The minimum absolute atomic E-state index is 0.0763. The number of carbonyl (C=O) groups is 2. The molecule has 0 amide bonds. The Balaban J connectivity index is 0.000000807. The molecular weight excluding hydrogens is 384 g/mol. The molecule has 3 nitrogen and oxygen atoms in total.